The minimum atomic E-state index is -0.0753. The van der Waals surface area contributed by atoms with Crippen LogP contribution in [0.3, 0.4) is 0 Å². The smallest absolute Gasteiger partial charge is 0.0438 e. The topological polar surface area (TPSA) is 0 Å². The summed E-state index contributed by atoms with van der Waals surface area (Å²) in [6.07, 6.45) is 0. The van der Waals surface area contributed by atoms with E-state index in [4.69, 9.17) is 0 Å². The number of aryl methyl sites for hydroxylation is 3. The van der Waals surface area contributed by atoms with Crippen LogP contribution in [-0.4, -0.2) is 0 Å². The van der Waals surface area contributed by atoms with E-state index in [9.17, 15) is 0 Å². The van der Waals surface area contributed by atoms with Gasteiger partial charge in [0.25, 0.3) is 0 Å². The van der Waals surface area contributed by atoms with Crippen LogP contribution in [0.2, 0.25) is 0 Å². The lowest BCUT2D eigenvalue weighted by Crippen LogP contribution is -2.23. The number of hydrogen-bond acceptors (Lipinski definition) is 0. The molecule has 0 saturated heterocycles. The average Bonchev–Trinajstić information content (AvgIpc) is 2.77. The zero-order valence-electron chi connectivity index (χ0n) is 14.3. The molecule has 1 aliphatic rings. The largest absolute Gasteiger partial charge is 0.0620 e. The van der Waals surface area contributed by atoms with Gasteiger partial charge in [0.1, 0.15) is 0 Å². The number of fused-ring (bicyclic) bond motifs is 3. The van der Waals surface area contributed by atoms with Crippen molar-refractivity contribution in [1.29, 1.82) is 0 Å². The standard InChI is InChI=1S/C23H22/c1-15-9-11-18-19-12-10-16(2)14-22(19)23(4,21(18)13-15)20-8-6-5-7-17(20)3/h5-14H,1-4H3. The van der Waals surface area contributed by atoms with Gasteiger partial charge in [0.05, 0.1) is 0 Å². The Hall–Kier alpha value is -2.34. The normalized spacial score (nSPS) is 14.4. The second kappa shape index (κ2) is 4.83. The van der Waals surface area contributed by atoms with E-state index in [2.05, 4.69) is 88.4 Å². The quantitative estimate of drug-likeness (QED) is 0.521. The van der Waals surface area contributed by atoms with E-state index in [0.717, 1.165) is 0 Å². The molecule has 0 N–H and O–H groups in total. The summed E-state index contributed by atoms with van der Waals surface area (Å²) in [4.78, 5) is 0. The van der Waals surface area contributed by atoms with Crippen LogP contribution >= 0.6 is 0 Å². The Labute approximate surface area is 138 Å². The summed E-state index contributed by atoms with van der Waals surface area (Å²) in [7, 11) is 0. The van der Waals surface area contributed by atoms with Crippen molar-refractivity contribution < 1.29 is 0 Å². The van der Waals surface area contributed by atoms with Crippen LogP contribution < -0.4 is 0 Å². The zero-order valence-corrected chi connectivity index (χ0v) is 14.3. The van der Waals surface area contributed by atoms with Crippen molar-refractivity contribution in [2.45, 2.75) is 33.1 Å². The Morgan fingerprint density at radius 1 is 0.609 bits per heavy atom. The highest BCUT2D eigenvalue weighted by molar-refractivity contribution is 5.84. The molecule has 0 heterocycles. The average molecular weight is 298 g/mol. The van der Waals surface area contributed by atoms with E-state index < -0.39 is 0 Å². The van der Waals surface area contributed by atoms with Crippen molar-refractivity contribution in [2.75, 3.05) is 0 Å². The van der Waals surface area contributed by atoms with Gasteiger partial charge in [-0.3, -0.25) is 0 Å². The van der Waals surface area contributed by atoms with Gasteiger partial charge in [-0.25, -0.2) is 0 Å². The second-order valence-corrected chi connectivity index (χ2v) is 7.04. The molecule has 0 amide bonds. The van der Waals surface area contributed by atoms with Crippen molar-refractivity contribution in [3.63, 3.8) is 0 Å². The Morgan fingerprint density at radius 3 is 1.65 bits per heavy atom. The molecule has 114 valence electrons. The molecule has 23 heavy (non-hydrogen) atoms. The molecule has 0 heteroatoms. The van der Waals surface area contributed by atoms with E-state index in [1.165, 1.54) is 44.5 Å². The maximum Gasteiger partial charge on any atom is 0.0438 e. The molecule has 0 fully saturated rings. The van der Waals surface area contributed by atoms with Gasteiger partial charge in [-0.1, -0.05) is 71.8 Å². The monoisotopic (exact) mass is 298 g/mol. The SMILES string of the molecule is Cc1ccc2c(c1)C(C)(c1ccccc1C)c1cc(C)ccc1-2. The molecule has 3 aromatic rings. The van der Waals surface area contributed by atoms with Crippen molar-refractivity contribution in [1.82, 2.24) is 0 Å². The third-order valence-corrected chi connectivity index (χ3v) is 5.40. The van der Waals surface area contributed by atoms with Crippen LogP contribution in [0.25, 0.3) is 11.1 Å². The van der Waals surface area contributed by atoms with Gasteiger partial charge >= 0.3 is 0 Å². The first-order valence-electron chi connectivity index (χ1n) is 8.30. The Morgan fingerprint density at radius 2 is 1.13 bits per heavy atom. The predicted octanol–water partition coefficient (Wildman–Crippen LogP) is 5.95. The lowest BCUT2D eigenvalue weighted by molar-refractivity contribution is 0.706. The van der Waals surface area contributed by atoms with Gasteiger partial charge in [0, 0.05) is 5.41 Å². The van der Waals surface area contributed by atoms with Crippen LogP contribution in [0, 0.1) is 20.8 Å². The first kappa shape index (κ1) is 14.3. The molecule has 0 spiro atoms. The minimum absolute atomic E-state index is 0.0753. The lowest BCUT2D eigenvalue weighted by Gasteiger charge is -2.30. The fourth-order valence-electron chi connectivity index (χ4n) is 4.18. The maximum atomic E-state index is 2.39. The van der Waals surface area contributed by atoms with Crippen molar-refractivity contribution >= 4 is 0 Å². The van der Waals surface area contributed by atoms with Crippen LogP contribution in [0.5, 0.6) is 0 Å². The Bertz CT molecular complexity index is 864. The molecule has 0 unspecified atom stereocenters. The Balaban J connectivity index is 2.13. The van der Waals surface area contributed by atoms with Gasteiger partial charge in [-0.05, 0) is 61.1 Å². The summed E-state index contributed by atoms with van der Waals surface area (Å²) in [5, 5.41) is 0. The molecule has 0 aliphatic heterocycles. The van der Waals surface area contributed by atoms with Crippen LogP contribution in [0.1, 0.15) is 40.3 Å². The highest BCUT2D eigenvalue weighted by atomic mass is 14.4. The van der Waals surface area contributed by atoms with Crippen molar-refractivity contribution in [3.05, 3.63) is 94.0 Å². The second-order valence-electron chi connectivity index (χ2n) is 7.04. The highest BCUT2D eigenvalue weighted by Crippen LogP contribution is 2.53. The van der Waals surface area contributed by atoms with Crippen molar-refractivity contribution in [2.24, 2.45) is 0 Å². The molecule has 0 aromatic heterocycles. The van der Waals surface area contributed by atoms with Gasteiger partial charge in [0.15, 0.2) is 0 Å². The maximum absolute atomic E-state index is 2.39. The van der Waals surface area contributed by atoms with Gasteiger partial charge < -0.3 is 0 Å². The van der Waals surface area contributed by atoms with Crippen molar-refractivity contribution in [3.8, 4) is 11.1 Å². The van der Waals surface area contributed by atoms with Crippen LogP contribution in [0.15, 0.2) is 60.7 Å². The molecule has 1 aliphatic carbocycles. The van der Waals surface area contributed by atoms with Gasteiger partial charge in [0.2, 0.25) is 0 Å². The third kappa shape index (κ3) is 1.91. The van der Waals surface area contributed by atoms with Crippen LogP contribution in [-0.2, 0) is 5.41 Å². The predicted molar refractivity (Wildman–Crippen MR) is 98.1 cm³/mol. The summed E-state index contributed by atoms with van der Waals surface area (Å²) < 4.78 is 0. The van der Waals surface area contributed by atoms with E-state index in [1.807, 2.05) is 0 Å². The molecule has 0 atom stereocenters. The number of rotatable bonds is 1. The zero-order chi connectivity index (χ0) is 16.2. The molecule has 0 saturated carbocycles. The minimum Gasteiger partial charge on any atom is -0.0620 e. The molecule has 0 bridgehead atoms. The number of hydrogen-bond donors (Lipinski definition) is 0. The van der Waals surface area contributed by atoms with E-state index in [0.29, 0.717) is 0 Å². The summed E-state index contributed by atoms with van der Waals surface area (Å²) in [5.41, 5.74) is 11.0. The van der Waals surface area contributed by atoms with Gasteiger partial charge in [-0.2, -0.15) is 0 Å². The molecule has 0 radical (unpaired) electrons. The highest BCUT2D eigenvalue weighted by Gasteiger charge is 2.41. The summed E-state index contributed by atoms with van der Waals surface area (Å²) in [6.45, 7) is 8.99. The molecule has 4 rings (SSSR count). The Kier molecular flexibility index (Phi) is 2.99. The first-order valence-corrected chi connectivity index (χ1v) is 8.30. The fraction of sp³-hybridized carbons (Fsp3) is 0.217. The molecular weight excluding hydrogens is 276 g/mol. The van der Waals surface area contributed by atoms with E-state index in [1.54, 1.807) is 0 Å². The molecule has 3 aromatic carbocycles. The van der Waals surface area contributed by atoms with Crippen LogP contribution in [0.4, 0.5) is 0 Å². The first-order chi connectivity index (χ1) is 11.0. The summed E-state index contributed by atoms with van der Waals surface area (Å²) in [5.74, 6) is 0. The van der Waals surface area contributed by atoms with E-state index >= 15 is 0 Å². The summed E-state index contributed by atoms with van der Waals surface area (Å²) in [6, 6.07) is 22.6. The van der Waals surface area contributed by atoms with Gasteiger partial charge in [-0.15, -0.1) is 0 Å². The molecule has 0 nitrogen and oxygen atoms in total. The third-order valence-electron chi connectivity index (χ3n) is 5.40. The molecular formula is C23H22. The lowest BCUT2D eigenvalue weighted by atomic mass is 9.72. The fourth-order valence-corrected chi connectivity index (χ4v) is 4.18. The summed E-state index contributed by atoms with van der Waals surface area (Å²) >= 11 is 0. The van der Waals surface area contributed by atoms with E-state index in [-0.39, 0.29) is 5.41 Å². The number of benzene rings is 3.